The first-order chi connectivity index (χ1) is 14.4. The average Bonchev–Trinajstić information content (AvgIpc) is 3.20. The molecule has 30 heavy (non-hydrogen) atoms. The van der Waals surface area contributed by atoms with Crippen molar-refractivity contribution in [2.24, 2.45) is 0 Å². The molecule has 0 radical (unpaired) electrons. The Morgan fingerprint density at radius 2 is 1.70 bits per heavy atom. The van der Waals surface area contributed by atoms with Crippen LogP contribution in [0.2, 0.25) is 0 Å². The highest BCUT2D eigenvalue weighted by Gasteiger charge is 2.13. The van der Waals surface area contributed by atoms with Crippen molar-refractivity contribution in [3.8, 4) is 17.2 Å². The monoisotopic (exact) mass is 418 g/mol. The van der Waals surface area contributed by atoms with E-state index in [1.165, 1.54) is 0 Å². The van der Waals surface area contributed by atoms with Gasteiger partial charge < -0.3 is 35.1 Å². The van der Waals surface area contributed by atoms with Gasteiger partial charge in [-0.05, 0) is 23.8 Å². The van der Waals surface area contributed by atoms with Crippen LogP contribution in [0.4, 0.5) is 0 Å². The fraction of sp³-hybridized carbons (Fsp3) is 0.250. The lowest BCUT2D eigenvalue weighted by Crippen LogP contribution is -2.33. The number of carboxylic acids is 2. The molecule has 10 heteroatoms. The highest BCUT2D eigenvalue weighted by Crippen LogP contribution is 2.32. The van der Waals surface area contributed by atoms with Gasteiger partial charge in [0.1, 0.15) is 5.75 Å². The number of carbonyl (C=O) groups is 3. The fourth-order valence-corrected chi connectivity index (χ4v) is 2.48. The predicted molar refractivity (Wildman–Crippen MR) is 104 cm³/mol. The first kappa shape index (κ1) is 22.5. The van der Waals surface area contributed by atoms with E-state index >= 15 is 0 Å². The Kier molecular flexibility index (Phi) is 8.45. The number of nitrogens with one attached hydrogen (secondary N) is 2. The van der Waals surface area contributed by atoms with Gasteiger partial charge in [-0.2, -0.15) is 0 Å². The Labute approximate surface area is 172 Å². The van der Waals surface area contributed by atoms with E-state index in [0.717, 1.165) is 28.4 Å². The van der Waals surface area contributed by atoms with Gasteiger partial charge in [-0.15, -0.1) is 0 Å². The Hall–Kier alpha value is -3.79. The average molecular weight is 418 g/mol. The highest BCUT2D eigenvalue weighted by molar-refractivity contribution is 6.27. The summed E-state index contributed by atoms with van der Waals surface area (Å²) in [6.45, 7) is 1.52. The smallest absolute Gasteiger partial charge is 0.414 e. The van der Waals surface area contributed by atoms with Gasteiger partial charge in [0.2, 0.25) is 12.7 Å². The van der Waals surface area contributed by atoms with Gasteiger partial charge in [0.15, 0.2) is 11.5 Å². The van der Waals surface area contributed by atoms with Crippen LogP contribution in [0.3, 0.4) is 0 Å². The van der Waals surface area contributed by atoms with Gasteiger partial charge in [-0.1, -0.05) is 24.3 Å². The molecule has 10 nitrogen and oxygen atoms in total. The topological polar surface area (TPSA) is 143 Å². The maximum atomic E-state index is 11.9. The normalized spacial score (nSPS) is 11.1. The lowest BCUT2D eigenvalue weighted by Gasteiger charge is -2.10. The first-order valence-electron chi connectivity index (χ1n) is 8.84. The van der Waals surface area contributed by atoms with Gasteiger partial charge in [0.05, 0.1) is 13.7 Å². The quantitative estimate of drug-likeness (QED) is 0.484. The van der Waals surface area contributed by atoms with E-state index in [2.05, 4.69) is 10.6 Å². The number of hydrogen-bond acceptors (Lipinski definition) is 7. The van der Waals surface area contributed by atoms with Crippen LogP contribution >= 0.6 is 0 Å². The van der Waals surface area contributed by atoms with Crippen LogP contribution in [-0.2, 0) is 27.5 Å². The summed E-state index contributed by atoms with van der Waals surface area (Å²) in [6.07, 6.45) is 0. The first-order valence-corrected chi connectivity index (χ1v) is 8.84. The van der Waals surface area contributed by atoms with E-state index in [1.807, 2.05) is 42.5 Å². The molecule has 2 aromatic rings. The van der Waals surface area contributed by atoms with Crippen LogP contribution in [0.5, 0.6) is 17.2 Å². The Bertz CT molecular complexity index is 888. The predicted octanol–water partition coefficient (Wildman–Crippen LogP) is 0.986. The molecule has 0 aromatic heterocycles. The van der Waals surface area contributed by atoms with Crippen molar-refractivity contribution in [1.82, 2.24) is 10.6 Å². The van der Waals surface area contributed by atoms with E-state index < -0.39 is 11.9 Å². The van der Waals surface area contributed by atoms with E-state index in [9.17, 15) is 4.79 Å². The van der Waals surface area contributed by atoms with E-state index in [4.69, 9.17) is 34.0 Å². The molecule has 2 aromatic carbocycles. The zero-order valence-electron chi connectivity index (χ0n) is 16.2. The second-order valence-corrected chi connectivity index (χ2v) is 5.99. The van der Waals surface area contributed by atoms with Gasteiger partial charge >= 0.3 is 11.9 Å². The molecule has 0 spiro atoms. The number of aliphatic carboxylic acids is 2. The molecule has 4 N–H and O–H groups in total. The molecule has 0 fully saturated rings. The molecule has 1 aliphatic heterocycles. The van der Waals surface area contributed by atoms with Crippen molar-refractivity contribution in [3.63, 3.8) is 0 Å². The zero-order chi connectivity index (χ0) is 21.9. The molecule has 0 bridgehead atoms. The molecule has 160 valence electrons. The molecular weight excluding hydrogens is 396 g/mol. The summed E-state index contributed by atoms with van der Waals surface area (Å²) in [5, 5.41) is 20.8. The van der Waals surface area contributed by atoms with Crippen molar-refractivity contribution in [1.29, 1.82) is 0 Å². The third-order valence-corrected chi connectivity index (χ3v) is 3.90. The summed E-state index contributed by atoms with van der Waals surface area (Å²) in [6, 6.07) is 13.4. The second kappa shape index (κ2) is 11.3. The minimum atomic E-state index is -1.82. The Morgan fingerprint density at radius 1 is 1.00 bits per heavy atom. The van der Waals surface area contributed by atoms with Crippen LogP contribution in [0.1, 0.15) is 11.1 Å². The number of rotatable bonds is 7. The fourth-order valence-electron chi connectivity index (χ4n) is 2.48. The lowest BCUT2D eigenvalue weighted by atomic mass is 10.2. The lowest BCUT2D eigenvalue weighted by molar-refractivity contribution is -0.159. The Morgan fingerprint density at radius 3 is 2.40 bits per heavy atom. The summed E-state index contributed by atoms with van der Waals surface area (Å²) in [4.78, 5) is 30.1. The van der Waals surface area contributed by atoms with Crippen LogP contribution in [-0.4, -0.2) is 48.5 Å². The van der Waals surface area contributed by atoms with Gasteiger partial charge in [0.25, 0.3) is 0 Å². The molecule has 1 amide bonds. The van der Waals surface area contributed by atoms with Crippen LogP contribution in [0, 0.1) is 0 Å². The third-order valence-electron chi connectivity index (χ3n) is 3.90. The number of hydrogen-bond donors (Lipinski definition) is 4. The maximum absolute atomic E-state index is 11.9. The molecule has 1 aliphatic rings. The van der Waals surface area contributed by atoms with E-state index in [-0.39, 0.29) is 19.2 Å². The SMILES string of the molecule is COc1ccccc1CNC(=O)CNCc1ccc2c(c1)OCO2.O=C(O)C(=O)O. The minimum absolute atomic E-state index is 0.0679. The summed E-state index contributed by atoms with van der Waals surface area (Å²) in [5.74, 6) is -1.44. The van der Waals surface area contributed by atoms with E-state index in [1.54, 1.807) is 7.11 Å². The molecule has 0 unspecified atom stereocenters. The summed E-state index contributed by atoms with van der Waals surface area (Å²) >= 11 is 0. The number of amides is 1. The number of carboxylic acid groups (broad SMARTS) is 2. The molecule has 1 heterocycles. The largest absolute Gasteiger partial charge is 0.496 e. The van der Waals surface area contributed by atoms with Crippen LogP contribution in [0.15, 0.2) is 42.5 Å². The third kappa shape index (κ3) is 6.99. The number of benzene rings is 2. The second-order valence-electron chi connectivity index (χ2n) is 5.99. The van der Waals surface area contributed by atoms with Gasteiger partial charge in [0, 0.05) is 18.7 Å². The molecule has 0 aliphatic carbocycles. The summed E-state index contributed by atoms with van der Waals surface area (Å²) < 4.78 is 15.9. The molecule has 0 saturated carbocycles. The van der Waals surface area contributed by atoms with Crippen molar-refractivity contribution in [3.05, 3.63) is 53.6 Å². The zero-order valence-corrected chi connectivity index (χ0v) is 16.2. The number of methoxy groups -OCH3 is 1. The van der Waals surface area contributed by atoms with Gasteiger partial charge in [-0.3, -0.25) is 4.79 Å². The molecule has 0 atom stereocenters. The maximum Gasteiger partial charge on any atom is 0.414 e. The summed E-state index contributed by atoms with van der Waals surface area (Å²) in [7, 11) is 1.62. The number of ether oxygens (including phenoxy) is 3. The highest BCUT2D eigenvalue weighted by atomic mass is 16.7. The number of carbonyl (C=O) groups excluding carboxylic acids is 1. The van der Waals surface area contributed by atoms with Crippen molar-refractivity contribution in [2.45, 2.75) is 13.1 Å². The van der Waals surface area contributed by atoms with Crippen molar-refractivity contribution < 1.29 is 38.8 Å². The molecule has 3 rings (SSSR count). The van der Waals surface area contributed by atoms with Crippen molar-refractivity contribution >= 4 is 17.8 Å². The summed E-state index contributed by atoms with van der Waals surface area (Å²) in [5.41, 5.74) is 1.99. The van der Waals surface area contributed by atoms with Crippen molar-refractivity contribution in [2.75, 3.05) is 20.4 Å². The molecule has 0 saturated heterocycles. The standard InChI is InChI=1S/C18H20N2O4.C2H2O4/c1-22-15-5-3-2-4-14(15)10-20-18(21)11-19-9-13-6-7-16-17(8-13)24-12-23-16;3-1(4)2(5)6/h2-8,19H,9-12H2,1H3,(H,20,21);(H,3,4)(H,5,6). The van der Waals surface area contributed by atoms with E-state index in [0.29, 0.717) is 13.1 Å². The van der Waals surface area contributed by atoms with Crippen LogP contribution < -0.4 is 24.8 Å². The van der Waals surface area contributed by atoms with Crippen LogP contribution in [0.25, 0.3) is 0 Å². The number of para-hydroxylation sites is 1. The Balaban J connectivity index is 0.000000469. The minimum Gasteiger partial charge on any atom is -0.496 e. The number of fused-ring (bicyclic) bond motifs is 1. The van der Waals surface area contributed by atoms with Gasteiger partial charge in [-0.25, -0.2) is 9.59 Å². The molecular formula is C20H22N2O8.